The number of benzene rings is 4. The third-order valence-electron chi connectivity index (χ3n) is 6.46. The number of fused-ring (bicyclic) bond motifs is 3. The molecule has 1 aliphatic rings. The van der Waals surface area contributed by atoms with Crippen LogP contribution in [-0.2, 0) is 0 Å². The summed E-state index contributed by atoms with van der Waals surface area (Å²) in [5, 5.41) is 2.56. The van der Waals surface area contributed by atoms with Gasteiger partial charge in [-0.25, -0.2) is 0 Å². The van der Waals surface area contributed by atoms with E-state index in [1.165, 1.54) is 33.0 Å². The van der Waals surface area contributed by atoms with Gasteiger partial charge in [0.05, 0.1) is 11.4 Å². The van der Waals surface area contributed by atoms with Crippen molar-refractivity contribution in [3.63, 3.8) is 0 Å². The molecular formula is C31H22N2. The Balaban J connectivity index is 1.51. The Labute approximate surface area is 193 Å². The maximum Gasteiger partial charge on any atom is 0.0714 e. The normalized spacial score (nSPS) is 11.8. The smallest absolute Gasteiger partial charge is 0.0714 e. The number of allylic oxidation sites excluding steroid dienone is 1. The Morgan fingerprint density at radius 1 is 0.727 bits per heavy atom. The quantitative estimate of drug-likeness (QED) is 0.261. The highest BCUT2D eigenvalue weighted by molar-refractivity contribution is 6.18. The molecule has 4 aromatic carbocycles. The van der Waals surface area contributed by atoms with Gasteiger partial charge in [-0.2, -0.15) is 0 Å². The van der Waals surface area contributed by atoms with Gasteiger partial charge < -0.3 is 0 Å². The zero-order valence-corrected chi connectivity index (χ0v) is 18.4. The second-order valence-electron chi connectivity index (χ2n) is 8.30. The molecule has 0 bridgehead atoms. The molecule has 0 N–H and O–H groups in total. The summed E-state index contributed by atoms with van der Waals surface area (Å²) in [6.07, 6.45) is 5.96. The number of hydrogen-bond acceptors (Lipinski definition) is 2. The van der Waals surface area contributed by atoms with Gasteiger partial charge in [0.15, 0.2) is 0 Å². The lowest BCUT2D eigenvalue weighted by atomic mass is 9.95. The van der Waals surface area contributed by atoms with E-state index in [9.17, 15) is 0 Å². The van der Waals surface area contributed by atoms with Gasteiger partial charge in [-0.1, -0.05) is 78.9 Å². The fourth-order valence-electron chi connectivity index (χ4n) is 4.97. The first-order chi connectivity index (χ1) is 16.3. The number of nitrogens with zero attached hydrogens (tertiary/aromatic N) is 2. The molecule has 156 valence electrons. The maximum absolute atomic E-state index is 4.76. The largest absolute Gasteiger partial charge is 0.264 e. The minimum Gasteiger partial charge on any atom is -0.264 e. The Bertz CT molecular complexity index is 1560. The molecule has 0 unspecified atom stereocenters. The summed E-state index contributed by atoms with van der Waals surface area (Å²) in [6.45, 7) is 5.76. The molecule has 0 spiro atoms. The van der Waals surface area contributed by atoms with Gasteiger partial charge in [-0.3, -0.25) is 9.98 Å². The predicted octanol–water partition coefficient (Wildman–Crippen LogP) is 8.58. The Hall–Kier alpha value is -4.30. The molecule has 1 heterocycles. The van der Waals surface area contributed by atoms with Gasteiger partial charge in [-0.05, 0) is 81.6 Å². The van der Waals surface area contributed by atoms with Crippen LogP contribution in [0.4, 0.5) is 5.69 Å². The van der Waals surface area contributed by atoms with Gasteiger partial charge >= 0.3 is 0 Å². The van der Waals surface area contributed by atoms with E-state index in [0.717, 1.165) is 33.6 Å². The van der Waals surface area contributed by atoms with Gasteiger partial charge in [-0.15, -0.1) is 0 Å². The van der Waals surface area contributed by atoms with E-state index < -0.39 is 0 Å². The van der Waals surface area contributed by atoms with Crippen LogP contribution < -0.4 is 0 Å². The summed E-state index contributed by atoms with van der Waals surface area (Å²) in [5.41, 5.74) is 11.5. The number of rotatable bonds is 4. The average Bonchev–Trinajstić information content (AvgIpc) is 3.20. The Morgan fingerprint density at radius 2 is 1.45 bits per heavy atom. The van der Waals surface area contributed by atoms with Crippen molar-refractivity contribution < 1.29 is 0 Å². The monoisotopic (exact) mass is 422 g/mol. The fraction of sp³-hybridized carbons (Fsp3) is 0.0323. The molecule has 0 atom stereocenters. The second-order valence-corrected chi connectivity index (χ2v) is 8.30. The van der Waals surface area contributed by atoms with Gasteiger partial charge in [0.2, 0.25) is 0 Å². The van der Waals surface area contributed by atoms with Crippen LogP contribution in [0, 0.1) is 0 Å². The molecule has 0 saturated carbocycles. The third kappa shape index (κ3) is 3.03. The lowest BCUT2D eigenvalue weighted by Crippen LogP contribution is -1.88. The van der Waals surface area contributed by atoms with Crippen molar-refractivity contribution in [3.05, 3.63) is 103 Å². The zero-order valence-electron chi connectivity index (χ0n) is 18.4. The highest BCUT2D eigenvalue weighted by Gasteiger charge is 2.22. The van der Waals surface area contributed by atoms with E-state index in [2.05, 4.69) is 103 Å². The van der Waals surface area contributed by atoms with E-state index in [1.54, 1.807) is 0 Å². The first-order valence-electron chi connectivity index (χ1n) is 11.1. The molecule has 1 aliphatic carbocycles. The van der Waals surface area contributed by atoms with E-state index >= 15 is 0 Å². The highest BCUT2D eigenvalue weighted by Crippen LogP contribution is 2.49. The van der Waals surface area contributed by atoms with Crippen LogP contribution in [-0.4, -0.2) is 11.7 Å². The number of aliphatic imine (C=N–C) groups is 1. The Morgan fingerprint density at radius 3 is 2.24 bits per heavy atom. The fourth-order valence-corrected chi connectivity index (χ4v) is 4.97. The van der Waals surface area contributed by atoms with E-state index in [4.69, 9.17) is 4.98 Å². The molecule has 0 radical (unpaired) electrons. The molecule has 0 amide bonds. The maximum atomic E-state index is 4.76. The zero-order chi connectivity index (χ0) is 22.4. The summed E-state index contributed by atoms with van der Waals surface area (Å²) in [5.74, 6) is 0. The number of hydrogen-bond donors (Lipinski definition) is 0. The van der Waals surface area contributed by atoms with Gasteiger partial charge in [0.1, 0.15) is 0 Å². The van der Waals surface area contributed by atoms with Crippen LogP contribution in [0.5, 0.6) is 0 Å². The van der Waals surface area contributed by atoms with Crippen LogP contribution in [0.1, 0.15) is 12.5 Å². The summed E-state index contributed by atoms with van der Waals surface area (Å²) in [6, 6.07) is 30.2. The minimum atomic E-state index is 0.882. The molecule has 5 aromatic rings. The van der Waals surface area contributed by atoms with Crippen molar-refractivity contribution in [2.24, 2.45) is 4.99 Å². The van der Waals surface area contributed by atoms with Crippen LogP contribution in [0.3, 0.4) is 0 Å². The molecule has 0 saturated heterocycles. The summed E-state index contributed by atoms with van der Waals surface area (Å²) in [4.78, 5) is 8.98. The second kappa shape index (κ2) is 7.68. The molecule has 0 fully saturated rings. The summed E-state index contributed by atoms with van der Waals surface area (Å²) in [7, 11) is 0. The van der Waals surface area contributed by atoms with Crippen molar-refractivity contribution in [1.29, 1.82) is 0 Å². The van der Waals surface area contributed by atoms with Crippen LogP contribution in [0.15, 0.2) is 102 Å². The molecule has 33 heavy (non-hydrogen) atoms. The molecular weight excluding hydrogens is 400 g/mol. The first-order valence-corrected chi connectivity index (χ1v) is 11.1. The minimum absolute atomic E-state index is 0.882. The molecule has 2 nitrogen and oxygen atoms in total. The van der Waals surface area contributed by atoms with Crippen molar-refractivity contribution in [2.75, 3.05) is 0 Å². The van der Waals surface area contributed by atoms with Gasteiger partial charge in [0.25, 0.3) is 0 Å². The van der Waals surface area contributed by atoms with Crippen molar-refractivity contribution in [1.82, 2.24) is 4.98 Å². The Kier molecular flexibility index (Phi) is 4.51. The topological polar surface area (TPSA) is 25.2 Å². The van der Waals surface area contributed by atoms with Gasteiger partial charge in [0, 0.05) is 11.8 Å². The van der Waals surface area contributed by atoms with Crippen LogP contribution in [0.2, 0.25) is 0 Å². The standard InChI is InChI=1S/C31H22N2/c1-3-7-20-12-13-21(18-29(20)32-2)22-16-17-33-30(19-22)25-14-15-28-24-9-5-4-8-23(24)26-10-6-11-27(25)31(26)28/h3-19H,2H2,1H3/b7-3-. The molecule has 6 rings (SSSR count). The summed E-state index contributed by atoms with van der Waals surface area (Å²) >= 11 is 0. The van der Waals surface area contributed by atoms with Crippen molar-refractivity contribution in [2.45, 2.75) is 6.92 Å². The van der Waals surface area contributed by atoms with Crippen LogP contribution in [0.25, 0.3) is 61.5 Å². The van der Waals surface area contributed by atoms with E-state index in [-0.39, 0.29) is 0 Å². The molecule has 2 heteroatoms. The SMILES string of the molecule is C=Nc1cc(-c2ccnc(-c3ccc4c5c(cccc35)-c3ccccc3-4)c2)ccc1/C=C\C. The average molecular weight is 423 g/mol. The number of pyridine rings is 1. The molecule has 0 aliphatic heterocycles. The van der Waals surface area contributed by atoms with E-state index in [1.807, 2.05) is 19.2 Å². The first kappa shape index (κ1) is 19.4. The molecule has 1 aromatic heterocycles. The third-order valence-corrected chi connectivity index (χ3v) is 6.46. The van der Waals surface area contributed by atoms with Crippen LogP contribution >= 0.6 is 0 Å². The highest BCUT2D eigenvalue weighted by atomic mass is 14.7. The van der Waals surface area contributed by atoms with Crippen molar-refractivity contribution >= 4 is 29.3 Å². The lowest BCUT2D eigenvalue weighted by molar-refractivity contribution is 1.33. The lowest BCUT2D eigenvalue weighted by Gasteiger charge is -2.11. The van der Waals surface area contributed by atoms with Crippen molar-refractivity contribution in [3.8, 4) is 44.6 Å². The predicted molar refractivity (Wildman–Crippen MR) is 141 cm³/mol. The number of aromatic nitrogens is 1. The van der Waals surface area contributed by atoms with E-state index in [0.29, 0.717) is 0 Å². The summed E-state index contributed by atoms with van der Waals surface area (Å²) < 4.78 is 0.